The van der Waals surface area contributed by atoms with Crippen LogP contribution in [0.15, 0.2) is 12.7 Å². The number of nitrogens with two attached hydrogens (primary N) is 2. The van der Waals surface area contributed by atoms with Gasteiger partial charge in [-0.15, -0.1) is 0 Å². The van der Waals surface area contributed by atoms with Crippen molar-refractivity contribution in [3.63, 3.8) is 0 Å². The number of aliphatic hydroxyl groups excluding tert-OH is 1. The molecule has 10 heteroatoms. The third-order valence-electron chi connectivity index (χ3n) is 3.44. The highest BCUT2D eigenvalue weighted by Gasteiger charge is 2.26. The summed E-state index contributed by atoms with van der Waals surface area (Å²) in [6.45, 7) is 5.10. The van der Waals surface area contributed by atoms with Crippen molar-refractivity contribution in [2.45, 2.75) is 33.4 Å². The average Bonchev–Trinajstić information content (AvgIpc) is 3.00. The van der Waals surface area contributed by atoms with Gasteiger partial charge in [0.2, 0.25) is 5.91 Å². The number of amides is 1. The minimum atomic E-state index is -0.916. The first-order chi connectivity index (χ1) is 12.0. The zero-order valence-corrected chi connectivity index (χ0v) is 14.7. The molecule has 1 unspecified atom stereocenters. The van der Waals surface area contributed by atoms with Gasteiger partial charge in [0, 0.05) is 13.1 Å². The summed E-state index contributed by atoms with van der Waals surface area (Å²) in [5.41, 5.74) is 12.0. The Morgan fingerprint density at radius 3 is 2.56 bits per heavy atom. The second kappa shape index (κ2) is 9.64. The zero-order chi connectivity index (χ0) is 19.0. The molecule has 5 N–H and O–H groups in total. The highest BCUT2D eigenvalue weighted by Crippen LogP contribution is 2.14. The lowest BCUT2D eigenvalue weighted by molar-refractivity contribution is -0.140. The van der Waals surface area contributed by atoms with Crippen molar-refractivity contribution in [3.8, 4) is 0 Å². The van der Waals surface area contributed by atoms with E-state index in [1.165, 1.54) is 29.0 Å². The van der Waals surface area contributed by atoms with Crippen LogP contribution in [0.25, 0.3) is 11.2 Å². The van der Waals surface area contributed by atoms with Crippen LogP contribution in [0, 0.1) is 0 Å². The van der Waals surface area contributed by atoms with Crippen LogP contribution in [-0.2, 0) is 16.1 Å². The highest BCUT2D eigenvalue weighted by molar-refractivity contribution is 5.88. The van der Waals surface area contributed by atoms with Crippen molar-refractivity contribution >= 4 is 28.7 Å². The molecule has 0 spiro atoms. The van der Waals surface area contributed by atoms with E-state index < -0.39 is 12.6 Å². The van der Waals surface area contributed by atoms with E-state index in [9.17, 15) is 14.7 Å². The van der Waals surface area contributed by atoms with Crippen molar-refractivity contribution in [2.75, 3.05) is 25.4 Å². The first kappa shape index (κ1) is 20.5. The number of carbonyl (C=O) groups excluding carboxylic acids is 2. The SMILES string of the molecule is CC.CC(=O)C(CO)N(CCN)C(=O)Cn1cnc2c(N)ncnc21. The predicted octanol–water partition coefficient (Wildman–Crippen LogP) is -0.828. The Hall–Kier alpha value is -2.59. The second-order valence-corrected chi connectivity index (χ2v) is 4.99. The lowest BCUT2D eigenvalue weighted by Gasteiger charge is -2.28. The number of nitrogen functional groups attached to an aromatic ring is 1. The van der Waals surface area contributed by atoms with Crippen LogP contribution in [-0.4, -0.2) is 67.0 Å². The molecule has 0 saturated carbocycles. The van der Waals surface area contributed by atoms with E-state index in [2.05, 4.69) is 15.0 Å². The molecule has 0 bridgehead atoms. The molecular weight excluding hydrogens is 326 g/mol. The number of Topliss-reactive ketones (excluding diaryl/α,β-unsaturated/α-hetero) is 1. The summed E-state index contributed by atoms with van der Waals surface area (Å²) >= 11 is 0. The summed E-state index contributed by atoms with van der Waals surface area (Å²) in [6.07, 6.45) is 2.71. The van der Waals surface area contributed by atoms with Gasteiger partial charge in [-0.1, -0.05) is 13.8 Å². The number of hydrogen-bond acceptors (Lipinski definition) is 8. The molecule has 10 nitrogen and oxygen atoms in total. The van der Waals surface area contributed by atoms with E-state index in [1.807, 2.05) is 13.8 Å². The molecule has 0 fully saturated rings. The van der Waals surface area contributed by atoms with Gasteiger partial charge < -0.3 is 26.0 Å². The number of imidazole rings is 1. The van der Waals surface area contributed by atoms with E-state index >= 15 is 0 Å². The third-order valence-corrected chi connectivity index (χ3v) is 3.44. The molecule has 0 radical (unpaired) electrons. The van der Waals surface area contributed by atoms with Gasteiger partial charge in [-0.25, -0.2) is 15.0 Å². The molecule has 0 aliphatic rings. The fraction of sp³-hybridized carbons (Fsp3) is 0.533. The molecular formula is C15H25N7O3. The van der Waals surface area contributed by atoms with Crippen molar-refractivity contribution < 1.29 is 14.7 Å². The van der Waals surface area contributed by atoms with Crippen LogP contribution < -0.4 is 11.5 Å². The molecule has 2 aromatic rings. The molecule has 2 heterocycles. The van der Waals surface area contributed by atoms with Crippen LogP contribution in [0.1, 0.15) is 20.8 Å². The Bertz CT molecular complexity index is 716. The average molecular weight is 351 g/mol. The van der Waals surface area contributed by atoms with Gasteiger partial charge in [0.15, 0.2) is 17.2 Å². The van der Waals surface area contributed by atoms with Crippen LogP contribution in [0.3, 0.4) is 0 Å². The lowest BCUT2D eigenvalue weighted by Crippen LogP contribution is -2.49. The van der Waals surface area contributed by atoms with Crippen LogP contribution >= 0.6 is 0 Å². The van der Waals surface area contributed by atoms with Gasteiger partial charge in [0.25, 0.3) is 0 Å². The Balaban J connectivity index is 0.00000151. The molecule has 25 heavy (non-hydrogen) atoms. The fourth-order valence-electron chi connectivity index (χ4n) is 2.29. The summed E-state index contributed by atoms with van der Waals surface area (Å²) in [4.78, 5) is 37.4. The van der Waals surface area contributed by atoms with Gasteiger partial charge in [-0.2, -0.15) is 0 Å². The molecule has 2 aromatic heterocycles. The monoisotopic (exact) mass is 351 g/mol. The molecule has 0 aliphatic heterocycles. The Labute approximate surface area is 145 Å². The standard InChI is InChI=1S/C13H19N7O3.C2H6/c1-8(22)9(5-21)20(3-2-14)10(23)4-19-7-18-11-12(15)16-6-17-13(11)19;1-2/h6-7,9,21H,2-5,14H2,1H3,(H2,15,16,17);1-2H3. The summed E-state index contributed by atoms with van der Waals surface area (Å²) in [5.74, 6) is -0.463. The summed E-state index contributed by atoms with van der Waals surface area (Å²) < 4.78 is 1.51. The van der Waals surface area contributed by atoms with Crippen molar-refractivity contribution in [3.05, 3.63) is 12.7 Å². The lowest BCUT2D eigenvalue weighted by atomic mass is 10.2. The Morgan fingerprint density at radius 1 is 1.32 bits per heavy atom. The first-order valence-electron chi connectivity index (χ1n) is 8.01. The van der Waals surface area contributed by atoms with E-state index in [0.717, 1.165) is 0 Å². The third kappa shape index (κ3) is 4.70. The van der Waals surface area contributed by atoms with Gasteiger partial charge >= 0.3 is 0 Å². The minimum Gasteiger partial charge on any atom is -0.394 e. The van der Waals surface area contributed by atoms with Gasteiger partial charge in [-0.3, -0.25) is 9.59 Å². The number of nitrogens with zero attached hydrogens (tertiary/aromatic N) is 5. The molecule has 1 atom stereocenters. The summed E-state index contributed by atoms with van der Waals surface area (Å²) in [5, 5.41) is 9.36. The molecule has 0 aliphatic carbocycles. The maximum atomic E-state index is 12.5. The van der Waals surface area contributed by atoms with Crippen molar-refractivity contribution in [1.82, 2.24) is 24.4 Å². The highest BCUT2D eigenvalue weighted by atomic mass is 16.3. The van der Waals surface area contributed by atoms with Crippen LogP contribution in [0.2, 0.25) is 0 Å². The summed E-state index contributed by atoms with van der Waals surface area (Å²) in [6, 6.07) is -0.916. The van der Waals surface area contributed by atoms with Gasteiger partial charge in [0.1, 0.15) is 24.4 Å². The normalized spacial score (nSPS) is 11.6. The maximum absolute atomic E-state index is 12.5. The fourth-order valence-corrected chi connectivity index (χ4v) is 2.29. The largest absolute Gasteiger partial charge is 0.394 e. The zero-order valence-electron chi connectivity index (χ0n) is 14.7. The molecule has 2 rings (SSSR count). The Morgan fingerprint density at radius 2 is 2.00 bits per heavy atom. The van der Waals surface area contributed by atoms with Crippen molar-refractivity contribution in [2.24, 2.45) is 5.73 Å². The Kier molecular flexibility index (Phi) is 7.89. The number of rotatable bonds is 7. The summed E-state index contributed by atoms with van der Waals surface area (Å²) in [7, 11) is 0. The van der Waals surface area contributed by atoms with E-state index in [0.29, 0.717) is 11.2 Å². The minimum absolute atomic E-state index is 0.100. The second-order valence-electron chi connectivity index (χ2n) is 4.99. The molecule has 0 aromatic carbocycles. The quantitative estimate of drug-likeness (QED) is 0.584. The van der Waals surface area contributed by atoms with Gasteiger partial charge in [0.05, 0.1) is 12.9 Å². The van der Waals surface area contributed by atoms with E-state index in [4.69, 9.17) is 11.5 Å². The topological polar surface area (TPSA) is 153 Å². The first-order valence-corrected chi connectivity index (χ1v) is 8.01. The maximum Gasteiger partial charge on any atom is 0.243 e. The number of aromatic nitrogens is 4. The number of anilines is 1. The van der Waals surface area contributed by atoms with E-state index in [1.54, 1.807) is 0 Å². The molecule has 138 valence electrons. The predicted molar refractivity (Wildman–Crippen MR) is 93.4 cm³/mol. The van der Waals surface area contributed by atoms with Crippen molar-refractivity contribution in [1.29, 1.82) is 0 Å². The molecule has 0 saturated heterocycles. The smallest absolute Gasteiger partial charge is 0.243 e. The number of carbonyl (C=O) groups is 2. The van der Waals surface area contributed by atoms with E-state index in [-0.39, 0.29) is 37.1 Å². The van der Waals surface area contributed by atoms with Crippen LogP contribution in [0.4, 0.5) is 5.82 Å². The van der Waals surface area contributed by atoms with Gasteiger partial charge in [-0.05, 0) is 6.92 Å². The van der Waals surface area contributed by atoms with Crippen LogP contribution in [0.5, 0.6) is 0 Å². The number of ketones is 1. The number of aliphatic hydroxyl groups is 1. The number of hydrogen-bond donors (Lipinski definition) is 3. The number of fused-ring (bicyclic) bond motifs is 1. The molecule has 1 amide bonds.